The van der Waals surface area contributed by atoms with Gasteiger partial charge in [-0.3, -0.25) is 4.79 Å². The van der Waals surface area contributed by atoms with E-state index in [-0.39, 0.29) is 19.1 Å². The molecule has 0 aliphatic rings. The highest BCUT2D eigenvalue weighted by Crippen LogP contribution is 2.24. The van der Waals surface area contributed by atoms with E-state index in [2.05, 4.69) is 19.2 Å². The van der Waals surface area contributed by atoms with Crippen molar-refractivity contribution in [3.05, 3.63) is 58.7 Å². The number of benzene rings is 2. The van der Waals surface area contributed by atoms with E-state index >= 15 is 0 Å². The second-order valence-corrected chi connectivity index (χ2v) is 7.34. The number of anilines is 1. The Morgan fingerprint density at radius 3 is 2.24 bits per heavy atom. The summed E-state index contributed by atoms with van der Waals surface area (Å²) in [5.41, 5.74) is 5.03. The molecule has 1 N–H and O–H groups in total. The summed E-state index contributed by atoms with van der Waals surface area (Å²) in [5, 5.41) is 2.88. The molecule has 2 aromatic rings. The molecule has 29 heavy (non-hydrogen) atoms. The van der Waals surface area contributed by atoms with Crippen molar-refractivity contribution in [1.82, 2.24) is 0 Å². The number of para-hydroxylation sites is 1. The maximum absolute atomic E-state index is 12.3. The molecule has 2 rings (SSSR count). The van der Waals surface area contributed by atoms with Crippen molar-refractivity contribution < 1.29 is 19.1 Å². The summed E-state index contributed by atoms with van der Waals surface area (Å²) >= 11 is 0. The summed E-state index contributed by atoms with van der Waals surface area (Å²) in [6.07, 6.45) is 1.62. The fourth-order valence-corrected chi connectivity index (χ4v) is 3.03. The number of amides is 1. The highest BCUT2D eigenvalue weighted by Gasteiger charge is 2.13. The van der Waals surface area contributed by atoms with Crippen LogP contribution in [0.25, 0.3) is 0 Å². The topological polar surface area (TPSA) is 64.6 Å². The molecule has 0 unspecified atom stereocenters. The fourth-order valence-electron chi connectivity index (χ4n) is 3.03. The minimum absolute atomic E-state index is 0.235. The monoisotopic (exact) mass is 397 g/mol. The van der Waals surface area contributed by atoms with Crippen LogP contribution in [0.5, 0.6) is 5.75 Å². The molecule has 0 aliphatic carbocycles. The molecule has 0 saturated carbocycles. The van der Waals surface area contributed by atoms with E-state index in [0.29, 0.717) is 11.7 Å². The number of carbonyl (C=O) groups excluding carboxylic acids is 2. The van der Waals surface area contributed by atoms with Crippen molar-refractivity contribution >= 4 is 17.6 Å². The van der Waals surface area contributed by atoms with Crippen molar-refractivity contribution in [2.75, 3.05) is 18.5 Å². The lowest BCUT2D eigenvalue weighted by molar-refractivity contribution is -0.149. The second-order valence-electron chi connectivity index (χ2n) is 7.34. The number of aryl methyl sites for hydroxylation is 3. The van der Waals surface area contributed by atoms with E-state index in [1.165, 1.54) is 0 Å². The predicted octanol–water partition coefficient (Wildman–Crippen LogP) is 4.80. The third-order valence-electron chi connectivity index (χ3n) is 4.85. The third-order valence-corrected chi connectivity index (χ3v) is 4.85. The van der Waals surface area contributed by atoms with Gasteiger partial charge in [0.25, 0.3) is 5.91 Å². The van der Waals surface area contributed by atoms with Gasteiger partial charge >= 0.3 is 5.97 Å². The van der Waals surface area contributed by atoms with Crippen LogP contribution in [0.4, 0.5) is 5.69 Å². The van der Waals surface area contributed by atoms with E-state index in [9.17, 15) is 9.59 Å². The molecule has 0 aliphatic heterocycles. The third kappa shape index (κ3) is 6.34. The maximum atomic E-state index is 12.3. The van der Waals surface area contributed by atoms with Gasteiger partial charge in [-0.2, -0.15) is 0 Å². The Labute approximate surface area is 173 Å². The maximum Gasteiger partial charge on any atom is 0.344 e. The normalized spacial score (nSPS) is 10.7. The smallest absolute Gasteiger partial charge is 0.344 e. The van der Waals surface area contributed by atoms with E-state index in [1.54, 1.807) is 0 Å². The first kappa shape index (κ1) is 22.5. The van der Waals surface area contributed by atoms with Gasteiger partial charge < -0.3 is 14.8 Å². The number of hydrogen-bond donors (Lipinski definition) is 1. The molecule has 0 saturated heterocycles. The molecule has 0 heterocycles. The first-order valence-electron chi connectivity index (χ1n) is 10.1. The molecule has 0 fully saturated rings. The van der Waals surface area contributed by atoms with Gasteiger partial charge in [0.05, 0.1) is 0 Å². The van der Waals surface area contributed by atoms with Crippen molar-refractivity contribution in [3.8, 4) is 5.75 Å². The molecule has 1 amide bonds. The minimum Gasteiger partial charge on any atom is -0.482 e. The average molecular weight is 398 g/mol. The van der Waals surface area contributed by atoms with Gasteiger partial charge in [0, 0.05) is 5.69 Å². The number of hydrogen-bond acceptors (Lipinski definition) is 4. The van der Waals surface area contributed by atoms with Gasteiger partial charge in [-0.15, -0.1) is 0 Å². The van der Waals surface area contributed by atoms with Gasteiger partial charge in [0.1, 0.15) is 5.75 Å². The molecule has 5 heteroatoms. The minimum atomic E-state index is -0.575. The summed E-state index contributed by atoms with van der Waals surface area (Å²) in [6, 6.07) is 11.9. The molecule has 5 nitrogen and oxygen atoms in total. The number of esters is 1. The van der Waals surface area contributed by atoms with Gasteiger partial charge in [0.2, 0.25) is 0 Å². The molecule has 0 radical (unpaired) electrons. The van der Waals surface area contributed by atoms with Gasteiger partial charge in [-0.1, -0.05) is 58.0 Å². The van der Waals surface area contributed by atoms with E-state index in [4.69, 9.17) is 9.47 Å². The van der Waals surface area contributed by atoms with Crippen molar-refractivity contribution in [1.29, 1.82) is 0 Å². The quantitative estimate of drug-likeness (QED) is 0.617. The Bertz CT molecular complexity index is 836. The van der Waals surface area contributed by atoms with Gasteiger partial charge in [-0.25, -0.2) is 4.79 Å². The standard InChI is InChI=1S/C24H31NO4/c1-6-18-9-8-10-19(7-2)24(18)25-22(26)14-29-23(27)15-28-21-13-20(16(3)4)12-11-17(21)5/h8-13,16H,6-7,14-15H2,1-5H3,(H,25,26). The lowest BCUT2D eigenvalue weighted by Crippen LogP contribution is -2.24. The van der Waals surface area contributed by atoms with Crippen LogP contribution < -0.4 is 10.1 Å². The van der Waals surface area contributed by atoms with Crippen molar-refractivity contribution in [2.24, 2.45) is 0 Å². The molecule has 0 aromatic heterocycles. The van der Waals surface area contributed by atoms with Crippen LogP contribution in [-0.4, -0.2) is 25.1 Å². The lowest BCUT2D eigenvalue weighted by Gasteiger charge is -2.15. The Morgan fingerprint density at radius 2 is 1.66 bits per heavy atom. The highest BCUT2D eigenvalue weighted by molar-refractivity contribution is 5.94. The Balaban J connectivity index is 1.89. The molecule has 0 bridgehead atoms. The zero-order valence-corrected chi connectivity index (χ0v) is 18.0. The summed E-state index contributed by atoms with van der Waals surface area (Å²) < 4.78 is 10.7. The number of nitrogens with one attached hydrogen (secondary N) is 1. The van der Waals surface area contributed by atoms with Crippen molar-refractivity contribution in [2.45, 2.75) is 53.4 Å². The van der Waals surface area contributed by atoms with Crippen LogP contribution in [0, 0.1) is 6.92 Å². The van der Waals surface area contributed by atoms with E-state index in [1.807, 2.05) is 57.2 Å². The highest BCUT2D eigenvalue weighted by atomic mass is 16.6. The Kier molecular flexibility index (Phi) is 8.25. The molecular formula is C24H31NO4. The lowest BCUT2D eigenvalue weighted by atomic mass is 10.0. The molecule has 156 valence electrons. The van der Waals surface area contributed by atoms with Crippen LogP contribution in [0.15, 0.2) is 36.4 Å². The van der Waals surface area contributed by atoms with E-state index < -0.39 is 5.97 Å². The molecule has 0 spiro atoms. The number of ether oxygens (including phenoxy) is 2. The van der Waals surface area contributed by atoms with E-state index in [0.717, 1.165) is 40.8 Å². The molecule has 0 atom stereocenters. The summed E-state index contributed by atoms with van der Waals surface area (Å²) in [5.74, 6) is 0.0931. The fraction of sp³-hybridized carbons (Fsp3) is 0.417. The van der Waals surface area contributed by atoms with Gasteiger partial charge in [0.15, 0.2) is 13.2 Å². The predicted molar refractivity (Wildman–Crippen MR) is 116 cm³/mol. The average Bonchev–Trinajstić information content (AvgIpc) is 2.71. The number of carbonyl (C=O) groups is 2. The molecule has 2 aromatic carbocycles. The largest absolute Gasteiger partial charge is 0.482 e. The van der Waals surface area contributed by atoms with Crippen LogP contribution in [0.1, 0.15) is 55.9 Å². The zero-order valence-electron chi connectivity index (χ0n) is 18.0. The van der Waals surface area contributed by atoms with Crippen LogP contribution in [0.2, 0.25) is 0 Å². The van der Waals surface area contributed by atoms with Crippen LogP contribution in [0.3, 0.4) is 0 Å². The van der Waals surface area contributed by atoms with Crippen LogP contribution in [-0.2, 0) is 27.2 Å². The zero-order chi connectivity index (χ0) is 21.4. The first-order chi connectivity index (χ1) is 13.8. The summed E-state index contributed by atoms with van der Waals surface area (Å²) in [6.45, 7) is 9.63. The molecular weight excluding hydrogens is 366 g/mol. The Morgan fingerprint density at radius 1 is 1.00 bits per heavy atom. The number of rotatable bonds is 9. The SMILES string of the molecule is CCc1cccc(CC)c1NC(=O)COC(=O)COc1cc(C(C)C)ccc1C. The Hall–Kier alpha value is -2.82. The van der Waals surface area contributed by atoms with Crippen molar-refractivity contribution in [3.63, 3.8) is 0 Å². The van der Waals surface area contributed by atoms with Gasteiger partial charge in [-0.05, 0) is 54.0 Å². The first-order valence-corrected chi connectivity index (χ1v) is 10.1. The second kappa shape index (κ2) is 10.6. The van der Waals surface area contributed by atoms with Crippen LogP contribution >= 0.6 is 0 Å². The summed E-state index contributed by atoms with van der Waals surface area (Å²) in [7, 11) is 0. The summed E-state index contributed by atoms with van der Waals surface area (Å²) in [4.78, 5) is 24.3.